The van der Waals surface area contributed by atoms with Crippen molar-refractivity contribution in [3.05, 3.63) is 42.1 Å². The number of rotatable bonds is 6. The van der Waals surface area contributed by atoms with Gasteiger partial charge in [-0.2, -0.15) is 0 Å². The molecule has 1 amide bonds. The van der Waals surface area contributed by atoms with Crippen LogP contribution in [0.5, 0.6) is 0 Å². The summed E-state index contributed by atoms with van der Waals surface area (Å²) in [7, 11) is 1.73. The lowest BCUT2D eigenvalue weighted by Gasteiger charge is -2.19. The SMILES string of the molecule is CN=C(NCCCNC(=O)OC(C)(C)C)NCc1cccc2cccnc12. The first kappa shape index (κ1) is 20.5. The molecule has 0 aliphatic heterocycles. The largest absolute Gasteiger partial charge is 0.444 e. The van der Waals surface area contributed by atoms with Gasteiger partial charge in [-0.1, -0.05) is 24.3 Å². The Morgan fingerprint density at radius 3 is 2.59 bits per heavy atom. The summed E-state index contributed by atoms with van der Waals surface area (Å²) >= 11 is 0. The highest BCUT2D eigenvalue weighted by Gasteiger charge is 2.15. The van der Waals surface area contributed by atoms with Crippen molar-refractivity contribution in [1.29, 1.82) is 0 Å². The predicted octanol–water partition coefficient (Wildman–Crippen LogP) is 2.81. The lowest BCUT2D eigenvalue weighted by molar-refractivity contribution is 0.0527. The van der Waals surface area contributed by atoms with E-state index in [0.29, 0.717) is 25.6 Å². The second-order valence-electron chi connectivity index (χ2n) is 7.13. The van der Waals surface area contributed by atoms with Gasteiger partial charge in [0.05, 0.1) is 5.52 Å². The second kappa shape index (κ2) is 9.75. The second-order valence-corrected chi connectivity index (χ2v) is 7.13. The zero-order valence-electron chi connectivity index (χ0n) is 16.5. The Bertz CT molecular complexity index is 778. The minimum Gasteiger partial charge on any atom is -0.444 e. The summed E-state index contributed by atoms with van der Waals surface area (Å²) in [5, 5.41) is 10.4. The molecule has 0 aliphatic carbocycles. The molecular weight excluding hydrogens is 342 g/mol. The lowest BCUT2D eigenvalue weighted by Crippen LogP contribution is -2.39. The molecule has 27 heavy (non-hydrogen) atoms. The van der Waals surface area contributed by atoms with E-state index in [0.717, 1.165) is 22.9 Å². The maximum Gasteiger partial charge on any atom is 0.407 e. The number of pyridine rings is 1. The van der Waals surface area contributed by atoms with Crippen molar-refractivity contribution in [3.63, 3.8) is 0 Å². The number of amides is 1. The van der Waals surface area contributed by atoms with Crippen LogP contribution in [0.4, 0.5) is 4.79 Å². The molecule has 2 rings (SSSR count). The molecule has 7 nitrogen and oxygen atoms in total. The Balaban J connectivity index is 1.72. The number of nitrogens with zero attached hydrogens (tertiary/aromatic N) is 2. The van der Waals surface area contributed by atoms with Crippen LogP contribution in [-0.2, 0) is 11.3 Å². The van der Waals surface area contributed by atoms with E-state index in [1.165, 1.54) is 0 Å². The van der Waals surface area contributed by atoms with Crippen LogP contribution in [0.1, 0.15) is 32.8 Å². The van der Waals surface area contributed by atoms with Crippen molar-refractivity contribution in [2.75, 3.05) is 20.1 Å². The molecule has 7 heteroatoms. The van der Waals surface area contributed by atoms with Crippen LogP contribution in [0.25, 0.3) is 10.9 Å². The third kappa shape index (κ3) is 7.13. The number of carbonyl (C=O) groups excluding carboxylic acids is 1. The van der Waals surface area contributed by atoms with E-state index < -0.39 is 11.7 Å². The summed E-state index contributed by atoms with van der Waals surface area (Å²) in [6.45, 7) is 7.37. The number of aromatic nitrogens is 1. The van der Waals surface area contributed by atoms with E-state index in [1.54, 1.807) is 13.2 Å². The van der Waals surface area contributed by atoms with Crippen LogP contribution in [0.3, 0.4) is 0 Å². The first-order valence-electron chi connectivity index (χ1n) is 9.13. The predicted molar refractivity (Wildman–Crippen MR) is 109 cm³/mol. The molecule has 0 bridgehead atoms. The maximum atomic E-state index is 11.6. The molecule has 1 aromatic carbocycles. The van der Waals surface area contributed by atoms with Crippen molar-refractivity contribution in [2.24, 2.45) is 4.99 Å². The van der Waals surface area contributed by atoms with Crippen molar-refractivity contribution in [3.8, 4) is 0 Å². The topological polar surface area (TPSA) is 87.6 Å². The number of hydrogen-bond donors (Lipinski definition) is 3. The zero-order valence-corrected chi connectivity index (χ0v) is 16.5. The normalized spacial score (nSPS) is 11.9. The van der Waals surface area contributed by atoms with Crippen LogP contribution in [0.15, 0.2) is 41.5 Å². The van der Waals surface area contributed by atoms with Crippen LogP contribution in [-0.4, -0.2) is 42.8 Å². The highest BCUT2D eigenvalue weighted by molar-refractivity contribution is 5.83. The number of aliphatic imine (C=N–C) groups is 1. The molecule has 3 N–H and O–H groups in total. The van der Waals surface area contributed by atoms with Crippen molar-refractivity contribution in [2.45, 2.75) is 39.3 Å². The minimum absolute atomic E-state index is 0.395. The first-order valence-corrected chi connectivity index (χ1v) is 9.13. The fourth-order valence-electron chi connectivity index (χ4n) is 2.51. The Kier molecular flexibility index (Phi) is 7.40. The van der Waals surface area contributed by atoms with Gasteiger partial charge in [-0.25, -0.2) is 4.79 Å². The van der Waals surface area contributed by atoms with E-state index in [2.05, 4.69) is 44.1 Å². The van der Waals surface area contributed by atoms with Gasteiger partial charge in [-0.05, 0) is 38.8 Å². The third-order valence-electron chi connectivity index (χ3n) is 3.70. The fraction of sp³-hybridized carbons (Fsp3) is 0.450. The molecule has 0 atom stereocenters. The average molecular weight is 371 g/mol. The van der Waals surface area contributed by atoms with Crippen molar-refractivity contribution >= 4 is 23.0 Å². The monoisotopic (exact) mass is 371 g/mol. The number of para-hydroxylation sites is 1. The van der Waals surface area contributed by atoms with Gasteiger partial charge in [0.25, 0.3) is 0 Å². The van der Waals surface area contributed by atoms with Crippen LogP contribution < -0.4 is 16.0 Å². The molecule has 0 unspecified atom stereocenters. The summed E-state index contributed by atoms with van der Waals surface area (Å²) in [4.78, 5) is 20.3. The number of guanidine groups is 1. The summed E-state index contributed by atoms with van der Waals surface area (Å²) in [5.74, 6) is 0.709. The number of alkyl carbamates (subject to hydrolysis) is 1. The van der Waals surface area contributed by atoms with Gasteiger partial charge < -0.3 is 20.7 Å². The number of hydrogen-bond acceptors (Lipinski definition) is 4. The van der Waals surface area contributed by atoms with Gasteiger partial charge in [0.15, 0.2) is 5.96 Å². The molecule has 146 valence electrons. The number of fused-ring (bicyclic) bond motifs is 1. The highest BCUT2D eigenvalue weighted by atomic mass is 16.6. The van der Waals surface area contributed by atoms with Gasteiger partial charge >= 0.3 is 6.09 Å². The number of ether oxygens (including phenoxy) is 1. The Morgan fingerprint density at radius 2 is 1.85 bits per heavy atom. The molecule has 1 heterocycles. The number of nitrogens with one attached hydrogen (secondary N) is 3. The molecule has 0 saturated heterocycles. The van der Waals surface area contributed by atoms with E-state index in [-0.39, 0.29) is 0 Å². The quantitative estimate of drug-likeness (QED) is 0.413. The molecule has 0 fully saturated rings. The summed E-state index contributed by atoms with van der Waals surface area (Å²) < 4.78 is 5.20. The van der Waals surface area contributed by atoms with Crippen molar-refractivity contribution < 1.29 is 9.53 Å². The maximum absolute atomic E-state index is 11.6. The van der Waals surface area contributed by atoms with Gasteiger partial charge in [0.1, 0.15) is 5.60 Å². The Labute approximate surface area is 160 Å². The molecule has 1 aromatic heterocycles. The van der Waals surface area contributed by atoms with E-state index in [9.17, 15) is 4.79 Å². The Morgan fingerprint density at radius 1 is 1.11 bits per heavy atom. The number of benzene rings is 1. The van der Waals surface area contributed by atoms with Gasteiger partial charge in [-0.15, -0.1) is 0 Å². The molecule has 0 spiro atoms. The smallest absolute Gasteiger partial charge is 0.407 e. The van der Waals surface area contributed by atoms with Gasteiger partial charge in [-0.3, -0.25) is 9.98 Å². The molecule has 0 saturated carbocycles. The molecule has 2 aromatic rings. The zero-order chi connectivity index (χ0) is 19.7. The lowest BCUT2D eigenvalue weighted by atomic mass is 10.1. The van der Waals surface area contributed by atoms with Gasteiger partial charge in [0.2, 0.25) is 0 Å². The Hall–Kier alpha value is -2.83. The summed E-state index contributed by atoms with van der Waals surface area (Å²) in [5.41, 5.74) is 1.62. The molecule has 0 radical (unpaired) electrons. The summed E-state index contributed by atoms with van der Waals surface area (Å²) in [6.07, 6.45) is 2.17. The van der Waals surface area contributed by atoms with Gasteiger partial charge in [0, 0.05) is 38.3 Å². The minimum atomic E-state index is -0.481. The van der Waals surface area contributed by atoms with Crippen LogP contribution >= 0.6 is 0 Å². The van der Waals surface area contributed by atoms with Crippen LogP contribution in [0.2, 0.25) is 0 Å². The fourth-order valence-corrected chi connectivity index (χ4v) is 2.51. The molecule has 0 aliphatic rings. The van der Waals surface area contributed by atoms with E-state index in [1.807, 2.05) is 32.9 Å². The highest BCUT2D eigenvalue weighted by Crippen LogP contribution is 2.15. The first-order chi connectivity index (χ1) is 12.9. The van der Waals surface area contributed by atoms with Crippen LogP contribution in [0, 0.1) is 0 Å². The van der Waals surface area contributed by atoms with E-state index >= 15 is 0 Å². The molecular formula is C20H29N5O2. The third-order valence-corrected chi connectivity index (χ3v) is 3.70. The standard InChI is InChI=1S/C20H29N5O2/c1-20(2,3)27-19(26)24-13-7-12-23-18(21-4)25-14-16-9-5-8-15-10-6-11-22-17(15)16/h5-6,8-11H,7,12-14H2,1-4H3,(H,24,26)(H2,21,23,25). The van der Waals surface area contributed by atoms with E-state index in [4.69, 9.17) is 4.74 Å². The average Bonchev–Trinajstić information content (AvgIpc) is 2.62. The summed E-state index contributed by atoms with van der Waals surface area (Å²) in [6, 6.07) is 10.1. The number of carbonyl (C=O) groups is 1. The van der Waals surface area contributed by atoms with Crippen molar-refractivity contribution in [1.82, 2.24) is 20.9 Å².